The smallest absolute Gasteiger partial charge is 0.357 e. The van der Waals surface area contributed by atoms with Crippen molar-refractivity contribution in [2.24, 2.45) is 0 Å². The fourth-order valence-electron chi connectivity index (χ4n) is 3.47. The molecule has 6 nitrogen and oxygen atoms in total. The van der Waals surface area contributed by atoms with Gasteiger partial charge in [-0.1, -0.05) is 48.5 Å². The molecule has 160 valence electrons. The van der Waals surface area contributed by atoms with Gasteiger partial charge in [0.15, 0.2) is 5.69 Å². The molecule has 0 unspecified atom stereocenters. The van der Waals surface area contributed by atoms with E-state index >= 15 is 0 Å². The number of ether oxygens (including phenoxy) is 2. The summed E-state index contributed by atoms with van der Waals surface area (Å²) in [4.78, 5) is 25.4. The van der Waals surface area contributed by atoms with Crippen molar-refractivity contribution in [3.63, 3.8) is 0 Å². The third-order valence-electron chi connectivity index (χ3n) is 4.95. The summed E-state index contributed by atoms with van der Waals surface area (Å²) in [5.41, 5.74) is 2.72. The minimum absolute atomic E-state index is 0.0143. The second-order valence-corrected chi connectivity index (χ2v) is 6.89. The van der Waals surface area contributed by atoms with Crippen LogP contribution in [-0.2, 0) is 9.47 Å². The molecule has 0 aliphatic heterocycles. The van der Waals surface area contributed by atoms with Crippen LogP contribution in [-0.4, -0.2) is 35.9 Å². The number of carbonyl (C=O) groups excluding carboxylic acids is 2. The first-order chi connectivity index (χ1) is 15.5. The van der Waals surface area contributed by atoms with Gasteiger partial charge in [-0.3, -0.25) is 0 Å². The zero-order valence-corrected chi connectivity index (χ0v) is 17.4. The van der Waals surface area contributed by atoms with E-state index in [4.69, 9.17) is 9.47 Å². The van der Waals surface area contributed by atoms with Crippen LogP contribution in [0.2, 0.25) is 0 Å². The molecule has 0 aliphatic rings. The third kappa shape index (κ3) is 3.88. The second kappa shape index (κ2) is 8.85. The maximum atomic E-state index is 13.7. The summed E-state index contributed by atoms with van der Waals surface area (Å²) < 4.78 is 25.0. The highest BCUT2D eigenvalue weighted by molar-refractivity contribution is 6.07. The molecule has 0 spiro atoms. The number of nitrogens with zero attached hydrogens (tertiary/aromatic N) is 2. The minimum atomic E-state index is -0.728. The Morgan fingerprint density at radius 1 is 0.781 bits per heavy atom. The zero-order chi connectivity index (χ0) is 22.7. The van der Waals surface area contributed by atoms with Crippen molar-refractivity contribution in [3.05, 3.63) is 95.9 Å². The molecule has 0 amide bonds. The molecule has 0 saturated carbocycles. The van der Waals surface area contributed by atoms with Gasteiger partial charge < -0.3 is 9.47 Å². The molecule has 7 heteroatoms. The van der Waals surface area contributed by atoms with Gasteiger partial charge in [0.2, 0.25) is 0 Å². The fraction of sp³-hybridized carbons (Fsp3) is 0.0800. The molecule has 0 N–H and O–H groups in total. The molecule has 0 radical (unpaired) electrons. The molecular weight excluding hydrogens is 411 g/mol. The van der Waals surface area contributed by atoms with Crippen LogP contribution in [0.15, 0.2) is 78.9 Å². The van der Waals surface area contributed by atoms with Crippen LogP contribution in [0.25, 0.3) is 28.1 Å². The van der Waals surface area contributed by atoms with E-state index in [0.717, 1.165) is 5.56 Å². The minimum Gasteiger partial charge on any atom is -0.465 e. The van der Waals surface area contributed by atoms with E-state index in [2.05, 4.69) is 5.10 Å². The number of para-hydroxylation sites is 1. The van der Waals surface area contributed by atoms with Gasteiger partial charge in [0.05, 0.1) is 19.9 Å². The summed E-state index contributed by atoms with van der Waals surface area (Å²) >= 11 is 0. The monoisotopic (exact) mass is 430 g/mol. The normalized spacial score (nSPS) is 10.6. The Hall–Kier alpha value is -4.26. The first-order valence-corrected chi connectivity index (χ1v) is 9.75. The zero-order valence-electron chi connectivity index (χ0n) is 17.4. The number of halogens is 1. The lowest BCUT2D eigenvalue weighted by Crippen LogP contribution is -2.15. The van der Waals surface area contributed by atoms with Crippen LogP contribution in [0.3, 0.4) is 0 Å². The van der Waals surface area contributed by atoms with E-state index in [-0.39, 0.29) is 22.8 Å². The van der Waals surface area contributed by atoms with Gasteiger partial charge in [-0.05, 0) is 41.5 Å². The predicted molar refractivity (Wildman–Crippen MR) is 117 cm³/mol. The van der Waals surface area contributed by atoms with Gasteiger partial charge in [0.1, 0.15) is 17.1 Å². The summed E-state index contributed by atoms with van der Waals surface area (Å²) in [5, 5.41) is 4.58. The molecule has 0 saturated heterocycles. The standard InChI is InChI=1S/C25H19FN2O4/c1-31-24(29)21-22(18-10-6-8-16(14-18)17-9-7-11-19(26)15-17)27-28(23(21)25(30)32-2)20-12-4-3-5-13-20/h3-15H,1-2H3. The molecule has 3 aromatic carbocycles. The van der Waals surface area contributed by atoms with E-state index in [1.807, 2.05) is 12.1 Å². The van der Waals surface area contributed by atoms with Crippen LogP contribution < -0.4 is 0 Å². The van der Waals surface area contributed by atoms with Gasteiger partial charge in [-0.2, -0.15) is 5.10 Å². The summed E-state index contributed by atoms with van der Waals surface area (Å²) in [6.45, 7) is 0. The van der Waals surface area contributed by atoms with Crippen molar-refractivity contribution in [3.8, 4) is 28.1 Å². The molecule has 4 rings (SSSR count). The summed E-state index contributed by atoms with van der Waals surface area (Å²) in [7, 11) is 2.46. The number of carbonyl (C=O) groups is 2. The van der Waals surface area contributed by atoms with Gasteiger partial charge in [0, 0.05) is 5.56 Å². The SMILES string of the molecule is COC(=O)c1c(-c2cccc(-c3cccc(F)c3)c2)nn(-c2ccccc2)c1C(=O)OC. The predicted octanol–water partition coefficient (Wildman–Crippen LogP) is 4.92. The largest absolute Gasteiger partial charge is 0.465 e. The van der Waals surface area contributed by atoms with Gasteiger partial charge in [0.25, 0.3) is 0 Å². The second-order valence-electron chi connectivity index (χ2n) is 6.89. The molecular formula is C25H19FN2O4. The van der Waals surface area contributed by atoms with Crippen LogP contribution in [0.1, 0.15) is 20.8 Å². The topological polar surface area (TPSA) is 70.4 Å². The van der Waals surface area contributed by atoms with Crippen LogP contribution in [0.4, 0.5) is 4.39 Å². The van der Waals surface area contributed by atoms with Crippen LogP contribution in [0.5, 0.6) is 0 Å². The summed E-state index contributed by atoms with van der Waals surface area (Å²) in [6, 6.07) is 22.3. The lowest BCUT2D eigenvalue weighted by atomic mass is 9.99. The van der Waals surface area contributed by atoms with Gasteiger partial charge in [-0.25, -0.2) is 18.7 Å². The number of rotatable bonds is 5. The summed E-state index contributed by atoms with van der Waals surface area (Å²) in [5.74, 6) is -1.81. The molecule has 1 aromatic heterocycles. The maximum Gasteiger partial charge on any atom is 0.357 e. The Kier molecular flexibility index (Phi) is 5.81. The molecule has 0 bridgehead atoms. The van der Waals surface area contributed by atoms with Crippen molar-refractivity contribution in [2.45, 2.75) is 0 Å². The Bertz CT molecular complexity index is 1300. The molecule has 1 heterocycles. The van der Waals surface area contributed by atoms with Gasteiger partial charge >= 0.3 is 11.9 Å². The first kappa shape index (κ1) is 21.0. The lowest BCUT2D eigenvalue weighted by Gasteiger charge is -2.07. The van der Waals surface area contributed by atoms with Crippen molar-refractivity contribution in [1.82, 2.24) is 9.78 Å². The molecule has 0 atom stereocenters. The number of esters is 2. The van der Waals surface area contributed by atoms with Crippen molar-refractivity contribution < 1.29 is 23.5 Å². The first-order valence-electron chi connectivity index (χ1n) is 9.75. The highest BCUT2D eigenvalue weighted by Gasteiger charge is 2.31. The van der Waals surface area contributed by atoms with E-state index < -0.39 is 11.9 Å². The molecule has 0 fully saturated rings. The lowest BCUT2D eigenvalue weighted by molar-refractivity contribution is 0.0549. The van der Waals surface area contributed by atoms with Crippen molar-refractivity contribution in [2.75, 3.05) is 14.2 Å². The number of aromatic nitrogens is 2. The number of benzene rings is 3. The van der Waals surface area contributed by atoms with Crippen molar-refractivity contribution >= 4 is 11.9 Å². The highest BCUT2D eigenvalue weighted by Crippen LogP contribution is 2.32. The van der Waals surface area contributed by atoms with E-state index in [9.17, 15) is 14.0 Å². The Morgan fingerprint density at radius 2 is 1.41 bits per heavy atom. The molecule has 0 aliphatic carbocycles. The highest BCUT2D eigenvalue weighted by atomic mass is 19.1. The number of hydrogen-bond acceptors (Lipinski definition) is 5. The average molecular weight is 430 g/mol. The Morgan fingerprint density at radius 3 is 2.06 bits per heavy atom. The Labute approximate surface area is 183 Å². The Balaban J connectivity index is 1.97. The quantitative estimate of drug-likeness (QED) is 0.421. The number of methoxy groups -OCH3 is 2. The van der Waals surface area contributed by atoms with E-state index in [0.29, 0.717) is 16.8 Å². The summed E-state index contributed by atoms with van der Waals surface area (Å²) in [6.07, 6.45) is 0. The molecule has 32 heavy (non-hydrogen) atoms. The fourth-order valence-corrected chi connectivity index (χ4v) is 3.47. The van der Waals surface area contributed by atoms with Crippen molar-refractivity contribution in [1.29, 1.82) is 0 Å². The molecule has 4 aromatic rings. The van der Waals surface area contributed by atoms with Crippen LogP contribution >= 0.6 is 0 Å². The van der Waals surface area contributed by atoms with Gasteiger partial charge in [-0.15, -0.1) is 0 Å². The van der Waals surface area contributed by atoms with E-state index in [1.165, 1.54) is 31.0 Å². The third-order valence-corrected chi connectivity index (χ3v) is 4.95. The number of hydrogen-bond donors (Lipinski definition) is 0. The average Bonchev–Trinajstić information content (AvgIpc) is 3.24. The van der Waals surface area contributed by atoms with E-state index in [1.54, 1.807) is 54.6 Å². The van der Waals surface area contributed by atoms with Crippen LogP contribution in [0, 0.1) is 5.82 Å². The maximum absolute atomic E-state index is 13.7.